The number of hydrogen-bond acceptors (Lipinski definition) is 8. The topological polar surface area (TPSA) is 81.8 Å². The van der Waals surface area contributed by atoms with E-state index in [1.165, 1.54) is 11.4 Å². The van der Waals surface area contributed by atoms with E-state index in [4.69, 9.17) is 54.9 Å². The van der Waals surface area contributed by atoms with Crippen molar-refractivity contribution in [3.63, 3.8) is 0 Å². The van der Waals surface area contributed by atoms with Crippen molar-refractivity contribution in [3.8, 4) is 0 Å². The largest absolute Gasteiger partial charge is 0.480 e. The highest BCUT2D eigenvalue weighted by Crippen LogP contribution is 2.62. The molecule has 1 unspecified atom stereocenters. The molecule has 1 aromatic rings. The summed E-state index contributed by atoms with van der Waals surface area (Å²) in [6.07, 6.45) is 0. The van der Waals surface area contributed by atoms with Crippen LogP contribution in [0.5, 0.6) is 0 Å². The summed E-state index contributed by atoms with van der Waals surface area (Å²) in [5.74, 6) is -0.815. The van der Waals surface area contributed by atoms with Crippen LogP contribution in [0.25, 0.3) is 0 Å². The summed E-state index contributed by atoms with van der Waals surface area (Å²) in [6, 6.07) is 4.59. The van der Waals surface area contributed by atoms with Crippen LogP contribution in [0, 0.1) is 0 Å². The first kappa shape index (κ1) is 26.9. The van der Waals surface area contributed by atoms with Gasteiger partial charge in [0.15, 0.2) is 0 Å². The molecular weight excluding hydrogens is 476 g/mol. The normalized spacial score (nSPS) is 12.2. The zero-order chi connectivity index (χ0) is 20.2. The average molecular weight is 498 g/mol. The highest BCUT2D eigenvalue weighted by molar-refractivity contribution is 8.69. The smallest absolute Gasteiger partial charge is 0.321 e. The summed E-state index contributed by atoms with van der Waals surface area (Å²) >= 11 is 24.2. The molecule has 1 rings (SSSR count). The Morgan fingerprint density at radius 1 is 1.38 bits per heavy atom. The molecule has 12 heteroatoms. The van der Waals surface area contributed by atoms with Crippen LogP contribution >= 0.6 is 64.7 Å². The first-order valence-electron chi connectivity index (χ1n) is 7.39. The molecule has 0 heterocycles. The molecule has 1 atom stereocenters. The van der Waals surface area contributed by atoms with Crippen molar-refractivity contribution in [3.05, 3.63) is 28.2 Å². The predicted octanol–water partition coefficient (Wildman–Crippen LogP) is 5.40. The van der Waals surface area contributed by atoms with Crippen LogP contribution in [0.2, 0.25) is 10.0 Å². The molecule has 0 amide bonds. The lowest BCUT2D eigenvalue weighted by molar-refractivity contribution is -0.137. The molecule has 0 bridgehead atoms. The molecule has 0 spiro atoms. The quantitative estimate of drug-likeness (QED) is 0.171. The summed E-state index contributed by atoms with van der Waals surface area (Å²) in [5.41, 5.74) is 2.71. The lowest BCUT2D eigenvalue weighted by Gasteiger charge is -2.19. The molecule has 1 aromatic carbocycles. The Balaban J connectivity index is 0.000000758. The maximum Gasteiger partial charge on any atom is 0.321 e. The Morgan fingerprint density at radius 2 is 1.96 bits per heavy atom. The van der Waals surface area contributed by atoms with Crippen molar-refractivity contribution in [1.82, 2.24) is 0 Å². The van der Waals surface area contributed by atoms with Crippen LogP contribution in [0.15, 0.2) is 23.1 Å². The minimum atomic E-state index is -2.23. The molecule has 0 saturated heterocycles. The highest BCUT2D eigenvalue weighted by Gasteiger charge is 2.19. The Kier molecular flexibility index (Phi) is 15.3. The third-order valence-corrected chi connectivity index (χ3v) is 10.6. The molecular formula is C14H22Cl2NO4PS4. The van der Waals surface area contributed by atoms with Crippen LogP contribution in [-0.2, 0) is 25.6 Å². The van der Waals surface area contributed by atoms with Gasteiger partial charge in [0.2, 0.25) is 5.69 Å². The van der Waals surface area contributed by atoms with E-state index in [9.17, 15) is 4.79 Å². The van der Waals surface area contributed by atoms with Crippen LogP contribution < -0.4 is 5.73 Å². The number of thiol groups is 1. The van der Waals surface area contributed by atoms with Gasteiger partial charge in [0.05, 0.1) is 23.3 Å². The van der Waals surface area contributed by atoms with Gasteiger partial charge < -0.3 is 19.9 Å². The zero-order valence-electron chi connectivity index (χ0n) is 14.3. The molecule has 0 aliphatic heterocycles. The van der Waals surface area contributed by atoms with Crippen LogP contribution in [0.3, 0.4) is 0 Å². The van der Waals surface area contributed by atoms with Gasteiger partial charge >= 0.3 is 5.97 Å². The molecule has 0 aliphatic carbocycles. The molecule has 26 heavy (non-hydrogen) atoms. The Labute approximate surface area is 183 Å². The van der Waals surface area contributed by atoms with E-state index < -0.39 is 17.7 Å². The minimum absolute atomic E-state index is 0.190. The van der Waals surface area contributed by atoms with Crippen molar-refractivity contribution in [2.75, 3.05) is 24.1 Å². The SMILES string of the molecule is CCOP(=S)(OCC)SCSc1cc(Cl)ccc1Cl.NC(CS)C(=O)O. The van der Waals surface area contributed by atoms with E-state index in [1.54, 1.807) is 23.9 Å². The third-order valence-electron chi connectivity index (χ3n) is 2.41. The summed E-state index contributed by atoms with van der Waals surface area (Å²) in [5, 5.41) is 10.1. The summed E-state index contributed by atoms with van der Waals surface area (Å²) in [6.45, 7) is 4.96. The number of halogens is 2. The second-order valence-corrected chi connectivity index (χ2v) is 13.3. The van der Waals surface area contributed by atoms with Crippen molar-refractivity contribution >= 4 is 82.4 Å². The van der Waals surface area contributed by atoms with E-state index >= 15 is 0 Å². The number of carbonyl (C=O) groups is 1. The van der Waals surface area contributed by atoms with Crippen molar-refractivity contribution in [1.29, 1.82) is 0 Å². The number of aliphatic carboxylic acids is 1. The Hall–Kier alpha value is 0.850. The van der Waals surface area contributed by atoms with Gasteiger partial charge in [-0.1, -0.05) is 34.6 Å². The van der Waals surface area contributed by atoms with Gasteiger partial charge in [-0.05, 0) is 43.9 Å². The number of carboxylic acid groups (broad SMARTS) is 1. The Bertz CT molecular complexity index is 602. The Morgan fingerprint density at radius 3 is 2.38 bits per heavy atom. The van der Waals surface area contributed by atoms with Gasteiger partial charge in [-0.25, -0.2) is 0 Å². The van der Waals surface area contributed by atoms with E-state index in [0.717, 1.165) is 9.98 Å². The standard InChI is InChI=1S/C11H15Cl2O2PS3.C3H7NO2S/c1-3-14-16(17,15-4-2)19-8-18-11-7-9(12)5-6-10(11)13;4-2(1-7)3(5)6/h5-7H,3-4,8H2,1-2H3;2,7H,1,4H2,(H,5,6). The van der Waals surface area contributed by atoms with Crippen LogP contribution in [0.4, 0.5) is 0 Å². The number of benzene rings is 1. The fourth-order valence-electron chi connectivity index (χ4n) is 1.25. The lowest BCUT2D eigenvalue weighted by atomic mass is 10.4. The van der Waals surface area contributed by atoms with Crippen molar-refractivity contribution in [2.45, 2.75) is 24.8 Å². The van der Waals surface area contributed by atoms with Gasteiger partial charge in [0, 0.05) is 15.7 Å². The summed E-state index contributed by atoms with van der Waals surface area (Å²) in [7, 11) is 0. The zero-order valence-corrected chi connectivity index (χ0v) is 20.0. The van der Waals surface area contributed by atoms with E-state index in [1.807, 2.05) is 19.9 Å². The number of carboxylic acids is 1. The molecule has 0 radical (unpaired) electrons. The van der Waals surface area contributed by atoms with Gasteiger partial charge in [-0.2, -0.15) is 12.6 Å². The van der Waals surface area contributed by atoms with E-state index in [-0.39, 0.29) is 5.75 Å². The van der Waals surface area contributed by atoms with E-state index in [2.05, 4.69) is 12.6 Å². The average Bonchev–Trinajstić information content (AvgIpc) is 2.58. The highest BCUT2D eigenvalue weighted by atomic mass is 35.5. The third kappa shape index (κ3) is 11.6. The number of hydrogen-bond donors (Lipinski definition) is 3. The van der Waals surface area contributed by atoms with Crippen molar-refractivity contribution in [2.24, 2.45) is 5.73 Å². The second kappa shape index (κ2) is 14.8. The summed E-state index contributed by atoms with van der Waals surface area (Å²) in [4.78, 5) is 10.7. The molecule has 0 aliphatic rings. The van der Waals surface area contributed by atoms with Gasteiger partial charge in [0.25, 0.3) is 0 Å². The number of thioether (sulfide) groups is 1. The molecule has 0 fully saturated rings. The predicted molar refractivity (Wildman–Crippen MR) is 122 cm³/mol. The minimum Gasteiger partial charge on any atom is -0.480 e. The van der Waals surface area contributed by atoms with Crippen LogP contribution in [0.1, 0.15) is 13.8 Å². The monoisotopic (exact) mass is 497 g/mol. The molecule has 0 saturated carbocycles. The molecule has 150 valence electrons. The first-order valence-corrected chi connectivity index (χ1v) is 14.0. The van der Waals surface area contributed by atoms with E-state index in [0.29, 0.717) is 23.3 Å². The second-order valence-electron chi connectivity index (χ2n) is 4.38. The first-order chi connectivity index (χ1) is 12.2. The van der Waals surface area contributed by atoms with Crippen LogP contribution in [-0.4, -0.2) is 41.2 Å². The fourth-order valence-corrected chi connectivity index (χ4v) is 8.94. The van der Waals surface area contributed by atoms with Gasteiger partial charge in [-0.3, -0.25) is 4.79 Å². The maximum absolute atomic E-state index is 9.76. The van der Waals surface area contributed by atoms with Gasteiger partial charge in [0.1, 0.15) is 6.04 Å². The fraction of sp³-hybridized carbons (Fsp3) is 0.500. The summed E-state index contributed by atoms with van der Waals surface area (Å²) < 4.78 is 11.1. The number of nitrogens with two attached hydrogens (primary N) is 1. The molecule has 3 N–H and O–H groups in total. The maximum atomic E-state index is 9.76. The van der Waals surface area contributed by atoms with Crippen molar-refractivity contribution < 1.29 is 18.9 Å². The molecule has 5 nitrogen and oxygen atoms in total. The number of rotatable bonds is 10. The lowest BCUT2D eigenvalue weighted by Crippen LogP contribution is -2.31. The van der Waals surface area contributed by atoms with Gasteiger partial charge in [-0.15, -0.1) is 11.8 Å². The molecule has 0 aromatic heterocycles.